The minimum absolute atomic E-state index is 0.140. The Morgan fingerprint density at radius 2 is 1.88 bits per heavy atom. The average molecular weight is 383 g/mol. The standard InChI is InChI=1S/C19H30NO5P/c1-13(2)24-19(21)15(4)20-26(22,12-23-5)25-18-9-7-6-8-17(18)14(3)16-10-11-16/h6-9,13-16H,10-12H2,1-5H3,(H,20,22)/t14-,15+,26?/m1/s1. The van der Waals surface area contributed by atoms with Gasteiger partial charge in [-0.2, -0.15) is 0 Å². The average Bonchev–Trinajstić information content (AvgIpc) is 3.39. The minimum atomic E-state index is -3.44. The molecule has 1 aliphatic rings. The highest BCUT2D eigenvalue weighted by Crippen LogP contribution is 2.49. The third kappa shape index (κ3) is 5.83. The molecule has 1 aliphatic carbocycles. The molecule has 0 aromatic heterocycles. The van der Waals surface area contributed by atoms with Crippen LogP contribution in [0, 0.1) is 5.92 Å². The van der Waals surface area contributed by atoms with Crippen LogP contribution in [0.2, 0.25) is 0 Å². The molecule has 2 rings (SSSR count). The van der Waals surface area contributed by atoms with E-state index in [9.17, 15) is 9.36 Å². The molecule has 1 saturated carbocycles. The molecule has 1 aromatic rings. The summed E-state index contributed by atoms with van der Waals surface area (Å²) in [5.74, 6) is 1.09. The monoisotopic (exact) mass is 383 g/mol. The van der Waals surface area contributed by atoms with Crippen LogP contribution in [0.4, 0.5) is 0 Å². The first-order valence-electron chi connectivity index (χ1n) is 9.10. The topological polar surface area (TPSA) is 73.9 Å². The van der Waals surface area contributed by atoms with Gasteiger partial charge in [0.2, 0.25) is 0 Å². The third-order valence-electron chi connectivity index (χ3n) is 4.38. The van der Waals surface area contributed by atoms with E-state index in [-0.39, 0.29) is 12.5 Å². The van der Waals surface area contributed by atoms with Gasteiger partial charge in [0.15, 0.2) is 0 Å². The number of hydrogen-bond acceptors (Lipinski definition) is 5. The van der Waals surface area contributed by atoms with Crippen molar-refractivity contribution in [2.45, 2.75) is 58.6 Å². The lowest BCUT2D eigenvalue weighted by atomic mass is 9.96. The van der Waals surface area contributed by atoms with Crippen molar-refractivity contribution in [3.63, 3.8) is 0 Å². The van der Waals surface area contributed by atoms with E-state index in [2.05, 4.69) is 12.0 Å². The highest BCUT2D eigenvalue weighted by Gasteiger charge is 2.34. The van der Waals surface area contributed by atoms with Gasteiger partial charge in [0, 0.05) is 7.11 Å². The maximum atomic E-state index is 13.3. The van der Waals surface area contributed by atoms with Crippen LogP contribution in [0.1, 0.15) is 52.0 Å². The van der Waals surface area contributed by atoms with E-state index in [1.807, 2.05) is 24.3 Å². The Morgan fingerprint density at radius 1 is 1.23 bits per heavy atom. The van der Waals surface area contributed by atoms with Crippen molar-refractivity contribution in [3.8, 4) is 5.75 Å². The SMILES string of the molecule is COCP(=O)(N[C@@H](C)C(=O)OC(C)C)Oc1ccccc1[C@H](C)C1CC1. The van der Waals surface area contributed by atoms with Crippen LogP contribution in [0.25, 0.3) is 0 Å². The van der Waals surface area contributed by atoms with E-state index in [0.29, 0.717) is 17.6 Å². The number of hydrogen-bond donors (Lipinski definition) is 1. The van der Waals surface area contributed by atoms with Crippen LogP contribution >= 0.6 is 7.52 Å². The minimum Gasteiger partial charge on any atom is -0.462 e. The van der Waals surface area contributed by atoms with Gasteiger partial charge in [-0.05, 0) is 57.1 Å². The van der Waals surface area contributed by atoms with E-state index < -0.39 is 19.5 Å². The summed E-state index contributed by atoms with van der Waals surface area (Å²) in [6, 6.07) is 6.86. The van der Waals surface area contributed by atoms with Gasteiger partial charge in [0.05, 0.1) is 6.10 Å². The van der Waals surface area contributed by atoms with Gasteiger partial charge in [-0.15, -0.1) is 0 Å². The Balaban J connectivity index is 2.16. The molecule has 1 unspecified atom stereocenters. The van der Waals surface area contributed by atoms with Gasteiger partial charge in [0.1, 0.15) is 18.1 Å². The molecule has 3 atom stereocenters. The molecule has 6 nitrogen and oxygen atoms in total. The second-order valence-corrected chi connectivity index (χ2v) is 9.23. The molecule has 0 saturated heterocycles. The fraction of sp³-hybridized carbons (Fsp3) is 0.632. The fourth-order valence-corrected chi connectivity index (χ4v) is 4.59. The second-order valence-electron chi connectivity index (χ2n) is 7.18. The molecular weight excluding hydrogens is 353 g/mol. The summed E-state index contributed by atoms with van der Waals surface area (Å²) in [7, 11) is -1.99. The molecular formula is C19H30NO5P. The maximum Gasteiger partial charge on any atom is 0.342 e. The van der Waals surface area contributed by atoms with Crippen molar-refractivity contribution in [1.29, 1.82) is 0 Å². The fourth-order valence-electron chi connectivity index (χ4n) is 2.89. The summed E-state index contributed by atoms with van der Waals surface area (Å²) in [4.78, 5) is 12.1. The molecule has 0 bridgehead atoms. The van der Waals surface area contributed by atoms with Crippen molar-refractivity contribution in [2.75, 3.05) is 13.5 Å². The Kier molecular flexibility index (Phi) is 7.27. The van der Waals surface area contributed by atoms with Crippen molar-refractivity contribution in [3.05, 3.63) is 29.8 Å². The van der Waals surface area contributed by atoms with Crippen LogP contribution in [-0.4, -0.2) is 31.6 Å². The number of methoxy groups -OCH3 is 1. The number of para-hydroxylation sites is 1. The summed E-state index contributed by atoms with van der Waals surface area (Å²) in [6.45, 7) is 7.31. The summed E-state index contributed by atoms with van der Waals surface area (Å²) >= 11 is 0. The molecule has 0 heterocycles. The molecule has 7 heteroatoms. The lowest BCUT2D eigenvalue weighted by Crippen LogP contribution is -2.36. The number of ether oxygens (including phenoxy) is 2. The number of nitrogens with one attached hydrogen (secondary N) is 1. The highest BCUT2D eigenvalue weighted by molar-refractivity contribution is 7.57. The van der Waals surface area contributed by atoms with Gasteiger partial charge in [-0.25, -0.2) is 5.09 Å². The van der Waals surface area contributed by atoms with Gasteiger partial charge in [0.25, 0.3) is 0 Å². The zero-order chi connectivity index (χ0) is 19.3. The molecule has 0 radical (unpaired) electrons. The van der Waals surface area contributed by atoms with E-state index in [4.69, 9.17) is 14.0 Å². The Morgan fingerprint density at radius 3 is 2.46 bits per heavy atom. The molecule has 0 spiro atoms. The quantitative estimate of drug-likeness (QED) is 0.479. The predicted molar refractivity (Wildman–Crippen MR) is 102 cm³/mol. The van der Waals surface area contributed by atoms with Crippen LogP contribution in [0.3, 0.4) is 0 Å². The van der Waals surface area contributed by atoms with Crippen molar-refractivity contribution < 1.29 is 23.4 Å². The first kappa shape index (κ1) is 20.9. The van der Waals surface area contributed by atoms with Gasteiger partial charge in [-0.3, -0.25) is 9.36 Å². The molecule has 1 aromatic carbocycles. The number of carbonyl (C=O) groups is 1. The summed E-state index contributed by atoms with van der Waals surface area (Å²) < 4.78 is 29.5. The zero-order valence-electron chi connectivity index (χ0n) is 16.2. The summed E-state index contributed by atoms with van der Waals surface area (Å²) in [5.41, 5.74) is 1.03. The van der Waals surface area contributed by atoms with E-state index in [1.165, 1.54) is 20.0 Å². The van der Waals surface area contributed by atoms with Crippen molar-refractivity contribution in [2.24, 2.45) is 5.92 Å². The molecule has 146 valence electrons. The Hall–Kier alpha value is -1.36. The largest absolute Gasteiger partial charge is 0.462 e. The third-order valence-corrected chi connectivity index (χ3v) is 6.25. The van der Waals surface area contributed by atoms with E-state index in [0.717, 1.165) is 5.56 Å². The van der Waals surface area contributed by atoms with E-state index in [1.54, 1.807) is 20.8 Å². The lowest BCUT2D eigenvalue weighted by Gasteiger charge is -2.25. The van der Waals surface area contributed by atoms with Gasteiger partial charge in [-0.1, -0.05) is 25.1 Å². The molecule has 0 aliphatic heterocycles. The smallest absolute Gasteiger partial charge is 0.342 e. The predicted octanol–water partition coefficient (Wildman–Crippen LogP) is 4.31. The maximum absolute atomic E-state index is 13.3. The Bertz CT molecular complexity index is 659. The van der Waals surface area contributed by atoms with Crippen LogP contribution in [-0.2, 0) is 18.8 Å². The number of rotatable bonds is 10. The highest BCUT2D eigenvalue weighted by atomic mass is 31.2. The van der Waals surface area contributed by atoms with Gasteiger partial charge >= 0.3 is 13.5 Å². The van der Waals surface area contributed by atoms with Crippen LogP contribution in [0.5, 0.6) is 5.75 Å². The van der Waals surface area contributed by atoms with Crippen LogP contribution in [0.15, 0.2) is 24.3 Å². The van der Waals surface area contributed by atoms with Crippen molar-refractivity contribution in [1.82, 2.24) is 5.09 Å². The first-order chi connectivity index (χ1) is 12.3. The number of carbonyl (C=O) groups excluding carboxylic acids is 1. The Labute approximate surface area is 156 Å². The normalized spacial score (nSPS) is 18.8. The van der Waals surface area contributed by atoms with Crippen LogP contribution < -0.4 is 9.61 Å². The number of esters is 1. The first-order valence-corrected chi connectivity index (χ1v) is 10.9. The molecule has 26 heavy (non-hydrogen) atoms. The van der Waals surface area contributed by atoms with E-state index >= 15 is 0 Å². The second kappa shape index (κ2) is 9.03. The summed E-state index contributed by atoms with van der Waals surface area (Å²) in [6.07, 6.45) is 2.04. The zero-order valence-corrected chi connectivity index (χ0v) is 17.1. The molecule has 1 N–H and O–H groups in total. The number of benzene rings is 1. The summed E-state index contributed by atoms with van der Waals surface area (Å²) in [5, 5.41) is 2.79. The van der Waals surface area contributed by atoms with Crippen molar-refractivity contribution >= 4 is 13.5 Å². The lowest BCUT2D eigenvalue weighted by molar-refractivity contribution is -0.149. The molecule has 0 amide bonds. The molecule has 1 fully saturated rings. The van der Waals surface area contributed by atoms with Gasteiger partial charge < -0.3 is 14.0 Å².